The molecule has 0 heterocycles. The minimum atomic E-state index is -0.646. The van der Waals surface area contributed by atoms with Crippen LogP contribution in [0, 0.1) is 0 Å². The van der Waals surface area contributed by atoms with Crippen LogP contribution in [0.5, 0.6) is 11.5 Å². The monoisotopic (exact) mass is 402 g/mol. The molecule has 0 bridgehead atoms. The Bertz CT molecular complexity index is 895. The molecule has 2 rings (SSSR count). The Morgan fingerprint density at radius 2 is 1.72 bits per heavy atom. The summed E-state index contributed by atoms with van der Waals surface area (Å²) in [6.45, 7) is 5.62. The molecule has 2 N–H and O–H groups in total. The highest BCUT2D eigenvalue weighted by Gasteiger charge is 2.31. The van der Waals surface area contributed by atoms with Gasteiger partial charge in [-0.15, -0.1) is 0 Å². The van der Waals surface area contributed by atoms with Gasteiger partial charge in [-0.25, -0.2) is 0 Å². The highest BCUT2D eigenvalue weighted by atomic mass is 16.5. The zero-order chi connectivity index (χ0) is 21.6. The number of hydrogen-bond donors (Lipinski definition) is 2. The SMILES string of the molecule is CCC(=O)O[C@@H](CC=C(C)C)c1cc(OC)c2c(c1OC)C(=NO)C=CC2=NO. The molecule has 1 atom stereocenters. The number of rotatable bonds is 7. The number of nitrogens with zero attached hydrogens (tertiary/aromatic N) is 2. The van der Waals surface area contributed by atoms with Crippen LogP contribution in [0.25, 0.3) is 0 Å². The van der Waals surface area contributed by atoms with Gasteiger partial charge in [0.2, 0.25) is 0 Å². The summed E-state index contributed by atoms with van der Waals surface area (Å²) in [6, 6.07) is 1.68. The lowest BCUT2D eigenvalue weighted by atomic mass is 9.88. The summed E-state index contributed by atoms with van der Waals surface area (Å²) < 4.78 is 16.8. The highest BCUT2D eigenvalue weighted by molar-refractivity contribution is 6.27. The van der Waals surface area contributed by atoms with Crippen molar-refractivity contribution in [3.63, 3.8) is 0 Å². The first-order valence-corrected chi connectivity index (χ1v) is 9.16. The average molecular weight is 402 g/mol. The molecule has 1 aromatic rings. The van der Waals surface area contributed by atoms with E-state index in [-0.39, 0.29) is 23.8 Å². The lowest BCUT2D eigenvalue weighted by molar-refractivity contribution is -0.149. The van der Waals surface area contributed by atoms with Gasteiger partial charge in [-0.1, -0.05) is 28.9 Å². The number of carbonyl (C=O) groups is 1. The molecule has 8 nitrogen and oxygen atoms in total. The molecule has 0 spiro atoms. The predicted molar refractivity (Wildman–Crippen MR) is 109 cm³/mol. The molecule has 0 fully saturated rings. The Morgan fingerprint density at radius 1 is 1.10 bits per heavy atom. The highest BCUT2D eigenvalue weighted by Crippen LogP contribution is 2.42. The number of esters is 1. The Balaban J connectivity index is 2.80. The topological polar surface area (TPSA) is 110 Å². The van der Waals surface area contributed by atoms with Gasteiger partial charge in [-0.2, -0.15) is 0 Å². The van der Waals surface area contributed by atoms with Crippen LogP contribution in [0.15, 0.2) is 40.2 Å². The Hall–Kier alpha value is -3.29. The summed E-state index contributed by atoms with van der Waals surface area (Å²) in [5.41, 5.74) is 2.84. The maximum absolute atomic E-state index is 12.1. The average Bonchev–Trinajstić information content (AvgIpc) is 2.74. The fourth-order valence-corrected chi connectivity index (χ4v) is 3.09. The van der Waals surface area contributed by atoms with Gasteiger partial charge in [0.1, 0.15) is 29.0 Å². The molecule has 0 amide bonds. The third-order valence-electron chi connectivity index (χ3n) is 4.47. The summed E-state index contributed by atoms with van der Waals surface area (Å²) in [5.74, 6) is 0.350. The van der Waals surface area contributed by atoms with Gasteiger partial charge >= 0.3 is 5.97 Å². The number of hydrogen-bond acceptors (Lipinski definition) is 8. The van der Waals surface area contributed by atoms with Gasteiger partial charge < -0.3 is 24.6 Å². The number of carbonyl (C=O) groups excluding carboxylic acids is 1. The standard InChI is InChI=1S/C21H26N2O6/c1-6-18(24)29-16(10-7-12(2)3)13-11-17(27-4)19-14(22-25)8-9-15(23-26)20(19)21(13)28-5/h7-9,11,16,25-26H,6,10H2,1-5H3/t16-/m0/s1. The number of ether oxygens (including phenoxy) is 3. The van der Waals surface area contributed by atoms with E-state index in [0.717, 1.165) is 5.57 Å². The number of methoxy groups -OCH3 is 2. The summed E-state index contributed by atoms with van der Waals surface area (Å²) in [7, 11) is 2.94. The van der Waals surface area contributed by atoms with Gasteiger partial charge in [0.25, 0.3) is 0 Å². The van der Waals surface area contributed by atoms with Crippen molar-refractivity contribution in [2.24, 2.45) is 10.3 Å². The first kappa shape index (κ1) is 22.0. The number of fused-ring (bicyclic) bond motifs is 1. The molecule has 0 saturated heterocycles. The second-order valence-electron chi connectivity index (χ2n) is 6.60. The third-order valence-corrected chi connectivity index (χ3v) is 4.47. The normalized spacial score (nSPS) is 16.3. The summed E-state index contributed by atoms with van der Waals surface area (Å²) in [4.78, 5) is 12.1. The fraction of sp³-hybridized carbons (Fsp3) is 0.381. The first-order valence-electron chi connectivity index (χ1n) is 9.16. The minimum absolute atomic E-state index is 0.201. The van der Waals surface area contributed by atoms with E-state index in [4.69, 9.17) is 14.2 Å². The first-order chi connectivity index (χ1) is 13.9. The molecule has 29 heavy (non-hydrogen) atoms. The van der Waals surface area contributed by atoms with Crippen molar-refractivity contribution in [1.82, 2.24) is 0 Å². The maximum atomic E-state index is 12.1. The van der Waals surface area contributed by atoms with Gasteiger partial charge in [0, 0.05) is 18.4 Å². The molecule has 1 aliphatic rings. The van der Waals surface area contributed by atoms with Crippen LogP contribution < -0.4 is 9.47 Å². The fourth-order valence-electron chi connectivity index (χ4n) is 3.09. The van der Waals surface area contributed by atoms with E-state index in [0.29, 0.717) is 34.6 Å². The molecule has 1 aromatic carbocycles. The molecular weight excluding hydrogens is 376 g/mol. The molecule has 156 valence electrons. The van der Waals surface area contributed by atoms with Crippen LogP contribution in [0.1, 0.15) is 56.4 Å². The van der Waals surface area contributed by atoms with Gasteiger partial charge in [-0.3, -0.25) is 4.79 Å². The van der Waals surface area contributed by atoms with Crippen molar-refractivity contribution in [2.45, 2.75) is 39.7 Å². The minimum Gasteiger partial charge on any atom is -0.496 e. The third kappa shape index (κ3) is 4.59. The second-order valence-corrected chi connectivity index (χ2v) is 6.60. The smallest absolute Gasteiger partial charge is 0.306 e. The van der Waals surface area contributed by atoms with E-state index in [2.05, 4.69) is 10.3 Å². The van der Waals surface area contributed by atoms with Crippen molar-refractivity contribution in [1.29, 1.82) is 0 Å². The number of benzene rings is 1. The van der Waals surface area contributed by atoms with Crippen LogP contribution in [-0.2, 0) is 9.53 Å². The Kier molecular flexibility index (Phi) is 7.41. The van der Waals surface area contributed by atoms with E-state index < -0.39 is 6.10 Å². The van der Waals surface area contributed by atoms with E-state index in [1.54, 1.807) is 13.0 Å². The molecular formula is C21H26N2O6. The van der Waals surface area contributed by atoms with Crippen molar-refractivity contribution in [3.05, 3.63) is 46.6 Å². The van der Waals surface area contributed by atoms with Gasteiger partial charge in [0.15, 0.2) is 0 Å². The molecule has 0 saturated carbocycles. The molecule has 0 radical (unpaired) electrons. The Labute approximate surface area is 169 Å². The summed E-state index contributed by atoms with van der Waals surface area (Å²) in [5, 5.41) is 25.6. The van der Waals surface area contributed by atoms with Crippen LogP contribution in [0.3, 0.4) is 0 Å². The lowest BCUT2D eigenvalue weighted by Gasteiger charge is -2.25. The largest absolute Gasteiger partial charge is 0.496 e. The van der Waals surface area contributed by atoms with Gasteiger partial charge in [-0.05, 0) is 32.1 Å². The van der Waals surface area contributed by atoms with Crippen molar-refractivity contribution < 1.29 is 29.4 Å². The van der Waals surface area contributed by atoms with Crippen LogP contribution in [0.2, 0.25) is 0 Å². The zero-order valence-electron chi connectivity index (χ0n) is 17.2. The molecule has 1 aliphatic carbocycles. The van der Waals surface area contributed by atoms with E-state index >= 15 is 0 Å². The predicted octanol–water partition coefficient (Wildman–Crippen LogP) is 3.98. The second kappa shape index (κ2) is 9.77. The Morgan fingerprint density at radius 3 is 2.21 bits per heavy atom. The summed E-state index contributed by atoms with van der Waals surface area (Å²) >= 11 is 0. The number of oxime groups is 2. The molecule has 0 unspecified atom stereocenters. The van der Waals surface area contributed by atoms with Crippen molar-refractivity contribution >= 4 is 17.4 Å². The van der Waals surface area contributed by atoms with E-state index in [9.17, 15) is 15.2 Å². The van der Waals surface area contributed by atoms with Crippen LogP contribution >= 0.6 is 0 Å². The quantitative estimate of drug-likeness (QED) is 0.309. The van der Waals surface area contributed by atoms with Crippen molar-refractivity contribution in [3.8, 4) is 11.5 Å². The summed E-state index contributed by atoms with van der Waals surface area (Å²) in [6.07, 6.45) is 4.95. The molecule has 8 heteroatoms. The lowest BCUT2D eigenvalue weighted by Crippen LogP contribution is -2.19. The van der Waals surface area contributed by atoms with Crippen LogP contribution in [-0.4, -0.2) is 42.0 Å². The maximum Gasteiger partial charge on any atom is 0.306 e. The molecule has 0 aliphatic heterocycles. The van der Waals surface area contributed by atoms with Crippen molar-refractivity contribution in [2.75, 3.05) is 14.2 Å². The van der Waals surface area contributed by atoms with Gasteiger partial charge in [0.05, 0.1) is 25.3 Å². The number of allylic oxidation sites excluding steroid dienone is 3. The van der Waals surface area contributed by atoms with E-state index in [1.807, 2.05) is 19.9 Å². The zero-order valence-corrected chi connectivity index (χ0v) is 17.2. The van der Waals surface area contributed by atoms with Crippen LogP contribution in [0.4, 0.5) is 0 Å². The van der Waals surface area contributed by atoms with E-state index in [1.165, 1.54) is 26.4 Å². The molecule has 0 aromatic heterocycles.